The molecule has 2 aliphatic heterocycles. The van der Waals surface area contributed by atoms with E-state index < -0.39 is 12.2 Å². The summed E-state index contributed by atoms with van der Waals surface area (Å²) < 4.78 is 10.7. The van der Waals surface area contributed by atoms with Crippen LogP contribution in [-0.2, 0) is 27.5 Å². The Morgan fingerprint density at radius 3 is 2.71 bits per heavy atom. The Hall–Kier alpha value is -2.29. The second kappa shape index (κ2) is 12.6. The summed E-state index contributed by atoms with van der Waals surface area (Å²) in [4.78, 5) is 14.1. The van der Waals surface area contributed by atoms with E-state index in [1.165, 1.54) is 11.1 Å². The lowest BCUT2D eigenvalue weighted by Gasteiger charge is -2.26. The van der Waals surface area contributed by atoms with E-state index in [1.54, 1.807) is 6.08 Å². The Morgan fingerprint density at radius 1 is 1.26 bits per heavy atom. The first-order chi connectivity index (χ1) is 16.8. The van der Waals surface area contributed by atoms with Gasteiger partial charge in [-0.05, 0) is 60.2 Å². The van der Waals surface area contributed by atoms with Gasteiger partial charge < -0.3 is 25.0 Å². The van der Waals surface area contributed by atoms with Crippen LogP contribution in [0.2, 0.25) is 0 Å². The Bertz CT molecular complexity index is 997. The van der Waals surface area contributed by atoms with E-state index >= 15 is 0 Å². The van der Waals surface area contributed by atoms with Gasteiger partial charge in [-0.2, -0.15) is 0 Å². The van der Waals surface area contributed by atoms with Crippen LogP contribution < -0.4 is 5.32 Å². The standard InChI is InChI=1S/C28H40N2O5/c1-6-21(25-17-35-28(33)22(25)7-2)19(5)27(32)14-30(8-3)12-11-29-13-26(31)23-10-9-20-15-34-16-24(20)18(23)4/h7,9-10,26-27,29,31-32H,5-6,8,11-17H2,1-4H3/b22-7+,25-21-. The molecule has 1 aromatic carbocycles. The molecule has 1 fully saturated rings. The van der Waals surface area contributed by atoms with Gasteiger partial charge in [0.05, 0.1) is 31.0 Å². The molecule has 0 aliphatic carbocycles. The number of nitrogens with zero attached hydrogens (tertiary/aromatic N) is 1. The van der Waals surface area contributed by atoms with Crippen molar-refractivity contribution in [3.63, 3.8) is 0 Å². The van der Waals surface area contributed by atoms with E-state index in [4.69, 9.17) is 9.47 Å². The number of fused-ring (bicyclic) bond motifs is 1. The Labute approximate surface area is 209 Å². The number of hydrogen-bond donors (Lipinski definition) is 3. The maximum atomic E-state index is 12.0. The molecule has 7 heteroatoms. The number of allylic oxidation sites excluding steroid dienone is 1. The van der Waals surface area contributed by atoms with Crippen molar-refractivity contribution in [2.24, 2.45) is 0 Å². The maximum absolute atomic E-state index is 12.0. The highest BCUT2D eigenvalue weighted by atomic mass is 16.5. The third-order valence-corrected chi connectivity index (χ3v) is 7.11. The summed E-state index contributed by atoms with van der Waals surface area (Å²) in [6, 6.07) is 4.05. The van der Waals surface area contributed by atoms with Crippen molar-refractivity contribution in [2.75, 3.05) is 39.3 Å². The SMILES string of the molecule is C=C(/C(CC)=C1/COC(=O)/C1=C/C)C(O)CN(CC)CCNCC(O)c1ccc2c(c1C)COC2. The van der Waals surface area contributed by atoms with E-state index in [1.807, 2.05) is 32.9 Å². The molecule has 0 aromatic heterocycles. The number of carbonyl (C=O) groups excluding carboxylic acids is 1. The monoisotopic (exact) mass is 484 g/mol. The van der Waals surface area contributed by atoms with E-state index in [0.717, 1.165) is 35.4 Å². The van der Waals surface area contributed by atoms with Gasteiger partial charge in [0, 0.05) is 31.8 Å². The number of aliphatic hydroxyl groups excluding tert-OH is 2. The molecule has 3 rings (SSSR count). The van der Waals surface area contributed by atoms with Gasteiger partial charge in [-0.3, -0.25) is 4.90 Å². The molecule has 2 atom stereocenters. The van der Waals surface area contributed by atoms with Gasteiger partial charge in [0.15, 0.2) is 0 Å². The van der Waals surface area contributed by atoms with Crippen LogP contribution in [0.3, 0.4) is 0 Å². The van der Waals surface area contributed by atoms with Crippen molar-refractivity contribution in [3.05, 3.63) is 69.3 Å². The van der Waals surface area contributed by atoms with Gasteiger partial charge in [-0.15, -0.1) is 0 Å². The minimum atomic E-state index is -0.743. The number of carbonyl (C=O) groups is 1. The number of esters is 1. The van der Waals surface area contributed by atoms with E-state index in [2.05, 4.69) is 23.7 Å². The van der Waals surface area contributed by atoms with Crippen LogP contribution in [0, 0.1) is 6.92 Å². The molecular weight excluding hydrogens is 444 g/mol. The topological polar surface area (TPSA) is 91.3 Å². The van der Waals surface area contributed by atoms with Gasteiger partial charge in [-0.25, -0.2) is 4.79 Å². The first-order valence-electron chi connectivity index (χ1n) is 12.5. The summed E-state index contributed by atoms with van der Waals surface area (Å²) in [6.45, 7) is 16.7. The fraction of sp³-hybridized carbons (Fsp3) is 0.536. The summed E-state index contributed by atoms with van der Waals surface area (Å²) >= 11 is 0. The number of likely N-dealkylation sites (N-methyl/N-ethyl adjacent to an activating group) is 1. The average molecular weight is 485 g/mol. The highest BCUT2D eigenvalue weighted by Gasteiger charge is 2.28. The quantitative estimate of drug-likeness (QED) is 0.239. The molecule has 7 nitrogen and oxygen atoms in total. The van der Waals surface area contributed by atoms with Gasteiger partial charge in [0.1, 0.15) is 6.61 Å². The van der Waals surface area contributed by atoms with Crippen molar-refractivity contribution in [2.45, 2.75) is 59.5 Å². The third kappa shape index (κ3) is 6.29. The van der Waals surface area contributed by atoms with Gasteiger partial charge in [-0.1, -0.05) is 38.6 Å². The minimum absolute atomic E-state index is 0.230. The third-order valence-electron chi connectivity index (χ3n) is 7.11. The second-order valence-corrected chi connectivity index (χ2v) is 9.15. The number of nitrogens with one attached hydrogen (secondary N) is 1. The Morgan fingerprint density at radius 2 is 2.03 bits per heavy atom. The van der Waals surface area contributed by atoms with Crippen LogP contribution >= 0.6 is 0 Å². The molecule has 35 heavy (non-hydrogen) atoms. The normalized spacial score (nSPS) is 19.7. The molecule has 0 spiro atoms. The first-order valence-corrected chi connectivity index (χ1v) is 12.5. The molecule has 2 heterocycles. The number of hydrogen-bond acceptors (Lipinski definition) is 7. The summed E-state index contributed by atoms with van der Waals surface area (Å²) in [5.74, 6) is -0.317. The zero-order valence-corrected chi connectivity index (χ0v) is 21.5. The minimum Gasteiger partial charge on any atom is -0.457 e. The molecule has 2 aliphatic rings. The predicted molar refractivity (Wildman–Crippen MR) is 137 cm³/mol. The molecule has 0 amide bonds. The molecule has 0 radical (unpaired) electrons. The molecule has 1 aromatic rings. The van der Waals surface area contributed by atoms with Crippen molar-refractivity contribution >= 4 is 5.97 Å². The van der Waals surface area contributed by atoms with Crippen LogP contribution in [0.15, 0.2) is 47.1 Å². The summed E-state index contributed by atoms with van der Waals surface area (Å²) in [6.07, 6.45) is 1.10. The highest BCUT2D eigenvalue weighted by molar-refractivity contribution is 5.96. The number of ether oxygens (including phenoxy) is 2. The van der Waals surface area contributed by atoms with Crippen LogP contribution in [0.1, 0.15) is 55.5 Å². The highest BCUT2D eigenvalue weighted by Crippen LogP contribution is 2.31. The molecule has 0 bridgehead atoms. The fourth-order valence-corrected chi connectivity index (χ4v) is 4.90. The van der Waals surface area contributed by atoms with Crippen molar-refractivity contribution in [1.29, 1.82) is 0 Å². The lowest BCUT2D eigenvalue weighted by molar-refractivity contribution is -0.135. The average Bonchev–Trinajstić information content (AvgIpc) is 3.48. The van der Waals surface area contributed by atoms with Crippen LogP contribution in [0.25, 0.3) is 0 Å². The predicted octanol–water partition coefficient (Wildman–Crippen LogP) is 3.10. The molecule has 192 valence electrons. The summed E-state index contributed by atoms with van der Waals surface area (Å²) in [5, 5.41) is 25.0. The van der Waals surface area contributed by atoms with Gasteiger partial charge in [0.2, 0.25) is 0 Å². The largest absolute Gasteiger partial charge is 0.457 e. The number of cyclic esters (lactones) is 1. The van der Waals surface area contributed by atoms with E-state index in [-0.39, 0.29) is 12.6 Å². The van der Waals surface area contributed by atoms with Crippen molar-refractivity contribution in [3.8, 4) is 0 Å². The Balaban J connectivity index is 1.51. The molecule has 2 unspecified atom stereocenters. The smallest absolute Gasteiger partial charge is 0.338 e. The van der Waals surface area contributed by atoms with Crippen LogP contribution in [0.4, 0.5) is 0 Å². The molecule has 0 saturated carbocycles. The van der Waals surface area contributed by atoms with Crippen molar-refractivity contribution < 1.29 is 24.5 Å². The zero-order chi connectivity index (χ0) is 25.5. The Kier molecular flexibility index (Phi) is 9.83. The number of benzene rings is 1. The van der Waals surface area contributed by atoms with Crippen molar-refractivity contribution in [1.82, 2.24) is 10.2 Å². The second-order valence-electron chi connectivity index (χ2n) is 9.15. The van der Waals surface area contributed by atoms with Gasteiger partial charge >= 0.3 is 5.97 Å². The van der Waals surface area contributed by atoms with Crippen LogP contribution in [-0.4, -0.2) is 66.5 Å². The number of rotatable bonds is 12. The van der Waals surface area contributed by atoms with E-state index in [0.29, 0.717) is 50.4 Å². The molecular formula is C28H40N2O5. The summed E-state index contributed by atoms with van der Waals surface area (Å²) in [7, 11) is 0. The fourth-order valence-electron chi connectivity index (χ4n) is 4.90. The lowest BCUT2D eigenvalue weighted by atomic mass is 9.91. The summed E-state index contributed by atoms with van der Waals surface area (Å²) in [5.41, 5.74) is 7.39. The molecule has 1 saturated heterocycles. The maximum Gasteiger partial charge on any atom is 0.338 e. The van der Waals surface area contributed by atoms with E-state index in [9.17, 15) is 15.0 Å². The van der Waals surface area contributed by atoms with Crippen LogP contribution in [0.5, 0.6) is 0 Å². The molecule has 3 N–H and O–H groups in total. The zero-order valence-electron chi connectivity index (χ0n) is 21.5. The number of aliphatic hydroxyl groups is 2. The van der Waals surface area contributed by atoms with Gasteiger partial charge in [0.25, 0.3) is 0 Å². The lowest BCUT2D eigenvalue weighted by Crippen LogP contribution is -2.39. The first kappa shape index (κ1) is 27.3.